The Balaban J connectivity index is 1.33. The summed E-state index contributed by atoms with van der Waals surface area (Å²) in [6, 6.07) is -1.63. The van der Waals surface area contributed by atoms with E-state index in [9.17, 15) is 28.5 Å². The molecule has 51 heavy (non-hydrogen) atoms. The Kier molecular flexibility index (Phi) is 12.3. The SMILES string of the molecule is C=CCNC(=O)C(=O)C(CCC)NC(=O)[C@@H]1[C@@H]2[C@H](CN1C(=O)[C@@H](NC(=O)N[C@H](CN1Cc3sccc3[S+]1[O-])C(C)(C)C)C1CCCCC1)C2(C)C. The first kappa shape index (κ1) is 39.3. The molecule has 2 aliphatic carbocycles. The summed E-state index contributed by atoms with van der Waals surface area (Å²) in [5.74, 6) is -2.35. The number of nitrogens with one attached hydrogen (secondary N) is 4. The molecule has 0 aromatic carbocycles. The van der Waals surface area contributed by atoms with Crippen molar-refractivity contribution in [2.75, 3.05) is 19.6 Å². The van der Waals surface area contributed by atoms with Crippen molar-refractivity contribution in [3.63, 3.8) is 0 Å². The second-order valence-electron chi connectivity index (χ2n) is 16.3. The Morgan fingerprint density at radius 2 is 1.82 bits per heavy atom. The number of hydrogen-bond donors (Lipinski definition) is 4. The minimum Gasteiger partial charge on any atom is -0.593 e. The Morgan fingerprint density at radius 1 is 1.12 bits per heavy atom. The van der Waals surface area contributed by atoms with E-state index in [2.05, 4.69) is 41.7 Å². The van der Waals surface area contributed by atoms with E-state index in [-0.39, 0.29) is 53.5 Å². The van der Waals surface area contributed by atoms with Gasteiger partial charge in [0.2, 0.25) is 17.6 Å². The molecule has 4 N–H and O–H groups in total. The van der Waals surface area contributed by atoms with Crippen LogP contribution in [0.2, 0.25) is 0 Å². The number of hydrogen-bond acceptors (Lipinski definition) is 8. The number of carbonyl (C=O) groups excluding carboxylic acids is 5. The van der Waals surface area contributed by atoms with Crippen molar-refractivity contribution in [1.82, 2.24) is 30.5 Å². The first-order valence-electron chi connectivity index (χ1n) is 18.4. The van der Waals surface area contributed by atoms with Gasteiger partial charge in [-0.25, -0.2) is 4.79 Å². The lowest BCUT2D eigenvalue weighted by Gasteiger charge is -2.38. The van der Waals surface area contributed by atoms with Crippen molar-refractivity contribution in [1.29, 1.82) is 0 Å². The van der Waals surface area contributed by atoms with Gasteiger partial charge >= 0.3 is 6.03 Å². The molecule has 1 aromatic rings. The smallest absolute Gasteiger partial charge is 0.315 e. The Labute approximate surface area is 309 Å². The number of urea groups is 1. The van der Waals surface area contributed by atoms with Gasteiger partial charge in [-0.05, 0) is 53.2 Å². The van der Waals surface area contributed by atoms with Gasteiger partial charge in [0, 0.05) is 19.2 Å². The average Bonchev–Trinajstić information content (AvgIpc) is 3.56. The van der Waals surface area contributed by atoms with Crippen molar-refractivity contribution in [2.24, 2.45) is 28.6 Å². The maximum absolute atomic E-state index is 14.7. The molecule has 1 saturated heterocycles. The van der Waals surface area contributed by atoms with Crippen LogP contribution in [0.1, 0.15) is 91.4 Å². The predicted molar refractivity (Wildman–Crippen MR) is 198 cm³/mol. The highest BCUT2D eigenvalue weighted by Crippen LogP contribution is 2.65. The molecular weight excluding hydrogens is 689 g/mol. The molecule has 0 radical (unpaired) electrons. The number of amides is 5. The fraction of sp³-hybridized carbons (Fsp3) is 0.703. The maximum Gasteiger partial charge on any atom is 0.315 e. The van der Waals surface area contributed by atoms with Gasteiger partial charge in [0.1, 0.15) is 12.1 Å². The maximum atomic E-state index is 14.7. The van der Waals surface area contributed by atoms with Crippen LogP contribution in [0.4, 0.5) is 4.79 Å². The number of carbonyl (C=O) groups is 5. The van der Waals surface area contributed by atoms with E-state index in [1.54, 1.807) is 16.2 Å². The summed E-state index contributed by atoms with van der Waals surface area (Å²) in [6.07, 6.45) is 6.85. The lowest BCUT2D eigenvalue weighted by molar-refractivity contribution is -0.144. The number of rotatable bonds is 14. The van der Waals surface area contributed by atoms with E-state index in [4.69, 9.17) is 0 Å². The third kappa shape index (κ3) is 8.49. The number of likely N-dealkylation sites (tertiary alicyclic amines) is 1. The van der Waals surface area contributed by atoms with Crippen LogP contribution in [0.25, 0.3) is 0 Å². The largest absolute Gasteiger partial charge is 0.593 e. The van der Waals surface area contributed by atoms with Gasteiger partial charge in [-0.3, -0.25) is 19.2 Å². The lowest BCUT2D eigenvalue weighted by Crippen LogP contribution is -2.61. The van der Waals surface area contributed by atoms with Gasteiger partial charge in [-0.1, -0.05) is 73.3 Å². The molecular formula is C37H56N6O6S2. The molecule has 2 unspecified atom stereocenters. The van der Waals surface area contributed by atoms with E-state index in [1.165, 1.54) is 6.08 Å². The van der Waals surface area contributed by atoms with Gasteiger partial charge < -0.3 is 30.7 Å². The third-order valence-electron chi connectivity index (χ3n) is 11.5. The second-order valence-corrected chi connectivity index (χ2v) is 18.7. The number of fused-ring (bicyclic) bond motifs is 2. The lowest BCUT2D eigenvalue weighted by atomic mass is 9.83. The highest BCUT2D eigenvalue weighted by atomic mass is 32.2. The summed E-state index contributed by atoms with van der Waals surface area (Å²) in [6.45, 7) is 17.1. The van der Waals surface area contributed by atoms with Crippen LogP contribution in [0, 0.1) is 28.6 Å². The molecule has 3 fully saturated rings. The van der Waals surface area contributed by atoms with E-state index < -0.39 is 53.1 Å². The molecule has 2 saturated carbocycles. The van der Waals surface area contributed by atoms with Crippen LogP contribution in [-0.2, 0) is 37.1 Å². The number of nitrogens with zero attached hydrogens (tertiary/aromatic N) is 2. The average molecular weight is 745 g/mol. The highest BCUT2D eigenvalue weighted by molar-refractivity contribution is 7.89. The number of piperidine rings is 1. The van der Waals surface area contributed by atoms with Gasteiger partial charge in [-0.2, -0.15) is 0 Å². The van der Waals surface area contributed by atoms with Crippen LogP contribution < -0.4 is 21.3 Å². The molecule has 7 atom stereocenters. The zero-order chi connectivity index (χ0) is 37.2. The minimum atomic E-state index is -1.30. The molecule has 2 aliphatic heterocycles. The summed E-state index contributed by atoms with van der Waals surface area (Å²) >= 11 is 0.280. The van der Waals surface area contributed by atoms with Crippen molar-refractivity contribution >= 4 is 52.2 Å². The third-order valence-corrected chi connectivity index (χ3v) is 14.0. The Bertz CT molecular complexity index is 1490. The second kappa shape index (κ2) is 16.0. The zero-order valence-corrected chi connectivity index (χ0v) is 32.6. The summed E-state index contributed by atoms with van der Waals surface area (Å²) in [5.41, 5.74) is -0.545. The van der Waals surface area contributed by atoms with Crippen LogP contribution in [-0.4, -0.2) is 87.1 Å². The number of Topliss-reactive ketones (excluding diaryl/α,β-unsaturated/α-hetero) is 1. The van der Waals surface area contributed by atoms with Crippen LogP contribution in [0.3, 0.4) is 0 Å². The first-order chi connectivity index (χ1) is 24.1. The van der Waals surface area contributed by atoms with Gasteiger partial charge in [0.15, 0.2) is 4.90 Å². The number of ketones is 1. The van der Waals surface area contributed by atoms with Gasteiger partial charge in [0.05, 0.1) is 41.4 Å². The molecule has 0 bridgehead atoms. The molecule has 12 nitrogen and oxygen atoms in total. The fourth-order valence-corrected chi connectivity index (χ4v) is 10.8. The molecule has 5 amide bonds. The summed E-state index contributed by atoms with van der Waals surface area (Å²) < 4.78 is 15.1. The molecule has 5 rings (SSSR count). The molecule has 0 spiro atoms. The van der Waals surface area contributed by atoms with Crippen molar-refractivity contribution in [3.05, 3.63) is 29.0 Å². The molecule has 3 heterocycles. The molecule has 1 aromatic heterocycles. The summed E-state index contributed by atoms with van der Waals surface area (Å²) in [7, 11) is 0. The predicted octanol–water partition coefficient (Wildman–Crippen LogP) is 3.89. The van der Waals surface area contributed by atoms with E-state index in [0.29, 0.717) is 26.1 Å². The molecule has 282 valence electrons. The van der Waals surface area contributed by atoms with Crippen LogP contribution >= 0.6 is 11.3 Å². The zero-order valence-electron chi connectivity index (χ0n) is 30.9. The highest BCUT2D eigenvalue weighted by Gasteiger charge is 2.69. The Hall–Kier alpha value is -2.94. The molecule has 4 aliphatic rings. The molecule has 14 heteroatoms. The van der Waals surface area contributed by atoms with Crippen LogP contribution in [0.15, 0.2) is 29.0 Å². The van der Waals surface area contributed by atoms with Crippen molar-refractivity contribution < 1.29 is 28.5 Å². The number of thiophene rings is 1. The normalized spacial score (nSPS) is 25.9. The Morgan fingerprint density at radius 3 is 2.45 bits per heavy atom. The van der Waals surface area contributed by atoms with E-state index >= 15 is 0 Å². The quantitative estimate of drug-likeness (QED) is 0.128. The van der Waals surface area contributed by atoms with E-state index in [0.717, 1.165) is 41.9 Å². The topological polar surface area (TPSA) is 163 Å². The van der Waals surface area contributed by atoms with Crippen molar-refractivity contribution in [2.45, 2.75) is 122 Å². The monoisotopic (exact) mass is 744 g/mol. The summed E-state index contributed by atoms with van der Waals surface area (Å²) in [5, 5.41) is 13.5. The first-order valence-corrected chi connectivity index (χ1v) is 20.4. The minimum absolute atomic E-state index is 0.0937. The fourth-order valence-electron chi connectivity index (χ4n) is 8.24. The van der Waals surface area contributed by atoms with Crippen molar-refractivity contribution in [3.8, 4) is 0 Å². The van der Waals surface area contributed by atoms with Gasteiger partial charge in [-0.15, -0.1) is 22.2 Å². The standard InChI is InChI=1S/C37H56N6O6S2/c1-8-13-24(31(44)33(46)38-17-9-2)39-32(45)30-28-23(37(28,6)7)19-43(30)34(47)29(22-14-11-10-12-15-22)41-35(48)40-27(36(3,4)5)21-42-20-25-26(51(42)49)16-18-50-25/h9,16,18,22-24,27-30H,2,8,10-15,17,19-21H2,1,3-7H3,(H,38,46)(H,39,45)(H2,40,41,48)/t23-,24?,27+,28-,29-,30-,51?/m0/s1. The summed E-state index contributed by atoms with van der Waals surface area (Å²) in [4.78, 5) is 71.8. The van der Waals surface area contributed by atoms with E-state index in [1.807, 2.05) is 43.4 Å². The van der Waals surface area contributed by atoms with Gasteiger partial charge in [0.25, 0.3) is 5.91 Å². The van der Waals surface area contributed by atoms with Crippen LogP contribution in [0.5, 0.6) is 0 Å².